The van der Waals surface area contributed by atoms with Crippen molar-refractivity contribution in [3.05, 3.63) is 62.2 Å². The fraction of sp³-hybridized carbons (Fsp3) is 0.261. The molecule has 0 aliphatic heterocycles. The monoisotopic (exact) mass is 517 g/mol. The molecule has 7 nitrogen and oxygen atoms in total. The van der Waals surface area contributed by atoms with E-state index in [9.17, 15) is 14.9 Å². The van der Waals surface area contributed by atoms with Crippen molar-refractivity contribution in [1.82, 2.24) is 0 Å². The van der Waals surface area contributed by atoms with Crippen LogP contribution in [0.15, 0.2) is 56.1 Å². The van der Waals surface area contributed by atoms with Crippen molar-refractivity contribution < 1.29 is 23.8 Å². The van der Waals surface area contributed by atoms with Crippen molar-refractivity contribution in [2.75, 3.05) is 13.2 Å². The highest BCUT2D eigenvalue weighted by atomic mass is 79.9. The molecule has 0 amide bonds. The average Bonchev–Trinajstić information content (AvgIpc) is 2.74. The number of carboxylic acids is 1. The lowest BCUT2D eigenvalue weighted by molar-refractivity contribution is -0.158. The molecule has 1 aliphatic rings. The number of para-hydroxylation sites is 1. The number of hydrogen-bond acceptors (Lipinski definition) is 6. The van der Waals surface area contributed by atoms with Crippen LogP contribution in [0, 0.1) is 17.2 Å². The van der Waals surface area contributed by atoms with Crippen LogP contribution in [-0.2, 0) is 9.53 Å². The van der Waals surface area contributed by atoms with Gasteiger partial charge in [-0.05, 0) is 46.3 Å². The van der Waals surface area contributed by atoms with E-state index in [1.165, 1.54) is 6.07 Å². The van der Waals surface area contributed by atoms with Gasteiger partial charge in [0.2, 0.25) is 0 Å². The molecule has 0 saturated heterocycles. The van der Waals surface area contributed by atoms with E-state index in [4.69, 9.17) is 30.6 Å². The van der Waals surface area contributed by atoms with Crippen LogP contribution in [0.4, 0.5) is 0 Å². The summed E-state index contributed by atoms with van der Waals surface area (Å²) in [5.41, 5.74) is -0.248. The fourth-order valence-corrected chi connectivity index (χ4v) is 4.30. The van der Waals surface area contributed by atoms with Gasteiger partial charge in [0.05, 0.1) is 33.5 Å². The quantitative estimate of drug-likeness (QED) is 0.437. The molecule has 1 fully saturated rings. The number of hydrogen-bond donors (Lipinski definition) is 1. The van der Waals surface area contributed by atoms with Gasteiger partial charge in [0.25, 0.3) is 0 Å². The highest BCUT2D eigenvalue weighted by molar-refractivity contribution is 9.10. The first-order valence-electron chi connectivity index (χ1n) is 9.75. The highest BCUT2D eigenvalue weighted by Gasteiger charge is 2.49. The Bertz CT molecular complexity index is 1290. The summed E-state index contributed by atoms with van der Waals surface area (Å²) < 4.78 is 17.8. The third-order valence-electron chi connectivity index (χ3n) is 5.35. The van der Waals surface area contributed by atoms with E-state index in [1.54, 1.807) is 36.4 Å². The van der Waals surface area contributed by atoms with Crippen LogP contribution < -0.4 is 10.2 Å². The van der Waals surface area contributed by atoms with E-state index in [0.717, 1.165) is 0 Å². The van der Waals surface area contributed by atoms with E-state index in [2.05, 4.69) is 22.0 Å². The summed E-state index contributed by atoms with van der Waals surface area (Å²) in [5, 5.41) is 19.0. The second-order valence-electron chi connectivity index (χ2n) is 7.48. The molecule has 164 valence electrons. The average molecular weight is 519 g/mol. The van der Waals surface area contributed by atoms with Crippen LogP contribution in [0.5, 0.6) is 5.75 Å². The van der Waals surface area contributed by atoms with Crippen LogP contribution in [0.2, 0.25) is 5.02 Å². The third-order valence-corrected chi connectivity index (χ3v) is 6.26. The van der Waals surface area contributed by atoms with Crippen molar-refractivity contribution in [2.24, 2.45) is 5.92 Å². The van der Waals surface area contributed by atoms with E-state index >= 15 is 0 Å². The van der Waals surface area contributed by atoms with Gasteiger partial charge in [0, 0.05) is 24.5 Å². The molecule has 9 heteroatoms. The Morgan fingerprint density at radius 2 is 2.06 bits per heavy atom. The number of fused-ring (bicyclic) bond motifs is 1. The standard InChI is InChI=1S/C23H17BrClNO6/c24-16-8-13(20-9-18(27)15-2-1-3-17(25)21(15)32-20)4-5-19(16)30-6-7-31-23(12-26)10-14(11-23)22(28)29/h1-5,8-9,14H,6-7,10-11H2,(H,28,29). The lowest BCUT2D eigenvalue weighted by atomic mass is 9.71. The summed E-state index contributed by atoms with van der Waals surface area (Å²) in [5.74, 6) is -0.534. The molecule has 0 bridgehead atoms. The van der Waals surface area contributed by atoms with Gasteiger partial charge in [-0.25, -0.2) is 0 Å². The smallest absolute Gasteiger partial charge is 0.306 e. The van der Waals surface area contributed by atoms with Crippen LogP contribution in [0.1, 0.15) is 12.8 Å². The zero-order chi connectivity index (χ0) is 22.9. The molecule has 1 saturated carbocycles. The molecule has 32 heavy (non-hydrogen) atoms. The molecule has 4 rings (SSSR count). The number of nitriles is 1. The largest absolute Gasteiger partial charge is 0.490 e. The van der Waals surface area contributed by atoms with Crippen molar-refractivity contribution in [1.29, 1.82) is 5.26 Å². The van der Waals surface area contributed by atoms with E-state index in [-0.39, 0.29) is 31.5 Å². The molecule has 1 N–H and O–H groups in total. The van der Waals surface area contributed by atoms with Crippen molar-refractivity contribution >= 4 is 44.5 Å². The van der Waals surface area contributed by atoms with Crippen LogP contribution in [0.3, 0.4) is 0 Å². The van der Waals surface area contributed by atoms with Gasteiger partial charge >= 0.3 is 5.97 Å². The minimum absolute atomic E-state index is 0.145. The molecule has 0 spiro atoms. The number of nitrogens with zero attached hydrogens (tertiary/aromatic N) is 1. The number of carbonyl (C=O) groups is 1. The number of carboxylic acid groups (broad SMARTS) is 1. The minimum Gasteiger partial charge on any atom is -0.490 e. The Morgan fingerprint density at radius 1 is 1.28 bits per heavy atom. The number of aliphatic carboxylic acids is 1. The maximum Gasteiger partial charge on any atom is 0.306 e. The predicted molar refractivity (Wildman–Crippen MR) is 121 cm³/mol. The van der Waals surface area contributed by atoms with Crippen molar-refractivity contribution in [3.63, 3.8) is 0 Å². The van der Waals surface area contributed by atoms with Gasteiger partial charge in [0.15, 0.2) is 16.6 Å². The lowest BCUT2D eigenvalue weighted by Crippen LogP contribution is -2.48. The zero-order valence-electron chi connectivity index (χ0n) is 16.6. The van der Waals surface area contributed by atoms with E-state index < -0.39 is 17.5 Å². The fourth-order valence-electron chi connectivity index (χ4n) is 3.60. The van der Waals surface area contributed by atoms with Gasteiger partial charge in [-0.2, -0.15) is 5.26 Å². The Kier molecular flexibility index (Phi) is 6.24. The second kappa shape index (κ2) is 8.94. The first kappa shape index (κ1) is 22.3. The molecule has 3 aromatic rings. The van der Waals surface area contributed by atoms with Crippen LogP contribution in [-0.4, -0.2) is 29.9 Å². The summed E-state index contributed by atoms with van der Waals surface area (Å²) in [6.07, 6.45) is 0.358. The summed E-state index contributed by atoms with van der Waals surface area (Å²) in [4.78, 5) is 23.4. The first-order chi connectivity index (χ1) is 15.3. The molecule has 1 aliphatic carbocycles. The molecule has 0 atom stereocenters. The van der Waals surface area contributed by atoms with Gasteiger partial charge in [-0.15, -0.1) is 0 Å². The maximum absolute atomic E-state index is 12.4. The Balaban J connectivity index is 1.42. The number of benzene rings is 2. The Hall–Kier alpha value is -2.86. The first-order valence-corrected chi connectivity index (χ1v) is 10.9. The number of ether oxygens (including phenoxy) is 2. The van der Waals surface area contributed by atoms with Gasteiger partial charge in [-0.3, -0.25) is 9.59 Å². The molecule has 0 radical (unpaired) electrons. The SMILES string of the molecule is N#CC1(OCCOc2ccc(-c3cc(=O)c4cccc(Cl)c4o3)cc2Br)CC(C(=O)O)C1. The maximum atomic E-state index is 12.4. The minimum atomic E-state index is -1.05. The van der Waals surface area contributed by atoms with E-state index in [0.29, 0.717) is 37.5 Å². The number of rotatable bonds is 7. The zero-order valence-corrected chi connectivity index (χ0v) is 19.0. The highest BCUT2D eigenvalue weighted by Crippen LogP contribution is 2.40. The molecular formula is C23H17BrClNO6. The van der Waals surface area contributed by atoms with Crippen molar-refractivity contribution in [2.45, 2.75) is 18.4 Å². The normalized spacial score (nSPS) is 19.8. The Labute approximate surface area is 196 Å². The third kappa shape index (κ3) is 4.37. The van der Waals surface area contributed by atoms with Gasteiger partial charge in [0.1, 0.15) is 18.1 Å². The Morgan fingerprint density at radius 3 is 2.75 bits per heavy atom. The summed E-state index contributed by atoms with van der Waals surface area (Å²) >= 11 is 9.63. The molecular weight excluding hydrogens is 502 g/mol. The molecule has 0 unspecified atom stereocenters. The summed E-state index contributed by atoms with van der Waals surface area (Å²) in [7, 11) is 0. The summed E-state index contributed by atoms with van der Waals surface area (Å²) in [6.45, 7) is 0.325. The predicted octanol–water partition coefficient (Wildman–Crippen LogP) is 5.03. The molecule has 2 aromatic carbocycles. The lowest BCUT2D eigenvalue weighted by Gasteiger charge is -2.39. The van der Waals surface area contributed by atoms with Crippen LogP contribution in [0.25, 0.3) is 22.3 Å². The second-order valence-corrected chi connectivity index (χ2v) is 8.74. The number of halogens is 2. The molecule has 1 heterocycles. The molecule has 1 aromatic heterocycles. The summed E-state index contributed by atoms with van der Waals surface area (Å²) in [6, 6.07) is 13.7. The topological polar surface area (TPSA) is 110 Å². The van der Waals surface area contributed by atoms with Crippen LogP contribution >= 0.6 is 27.5 Å². The van der Waals surface area contributed by atoms with E-state index in [1.807, 2.05) is 0 Å². The van der Waals surface area contributed by atoms with Gasteiger partial charge in [-0.1, -0.05) is 17.7 Å². The van der Waals surface area contributed by atoms with Crippen molar-refractivity contribution in [3.8, 4) is 23.1 Å². The van der Waals surface area contributed by atoms with Gasteiger partial charge < -0.3 is 19.0 Å².